The van der Waals surface area contributed by atoms with Crippen LogP contribution in [0.25, 0.3) is 10.9 Å². The number of hydrogen-bond acceptors (Lipinski definition) is 5. The van der Waals surface area contributed by atoms with Gasteiger partial charge in [0.15, 0.2) is 11.5 Å². The summed E-state index contributed by atoms with van der Waals surface area (Å²) in [4.78, 5) is 17.9. The summed E-state index contributed by atoms with van der Waals surface area (Å²) < 4.78 is 27.0. The van der Waals surface area contributed by atoms with E-state index in [1.807, 2.05) is 26.0 Å². The van der Waals surface area contributed by atoms with Crippen molar-refractivity contribution in [2.45, 2.75) is 33.3 Å². The average Bonchev–Trinajstić information content (AvgIpc) is 2.85. The SMILES string of the molecule is CCCc1nc2ccc(Br)cc2c(=O)n1N=Cc1cc(Cl)c(OCc2ccc(F)cc2)c(OCC)c1. The standard InChI is InChI=1S/C27H24BrClFN3O3/c1-3-5-25-32-23-11-8-19(28)14-21(23)27(34)33(25)31-15-18-12-22(29)26(24(13-18)35-4-2)36-16-17-6-9-20(30)10-7-17/h6-15H,3-5,16H2,1-2H3. The first-order chi connectivity index (χ1) is 17.4. The van der Waals surface area contributed by atoms with Crippen LogP contribution in [0.3, 0.4) is 0 Å². The highest BCUT2D eigenvalue weighted by Crippen LogP contribution is 2.37. The molecular weight excluding hydrogens is 549 g/mol. The summed E-state index contributed by atoms with van der Waals surface area (Å²) in [7, 11) is 0. The van der Waals surface area contributed by atoms with E-state index in [0.29, 0.717) is 51.8 Å². The van der Waals surface area contributed by atoms with Gasteiger partial charge in [0.25, 0.3) is 5.56 Å². The molecule has 1 aromatic heterocycles. The van der Waals surface area contributed by atoms with Crippen LogP contribution >= 0.6 is 27.5 Å². The lowest BCUT2D eigenvalue weighted by Crippen LogP contribution is -2.22. The molecule has 186 valence electrons. The van der Waals surface area contributed by atoms with Crippen LogP contribution in [-0.2, 0) is 13.0 Å². The van der Waals surface area contributed by atoms with Gasteiger partial charge in [-0.15, -0.1) is 0 Å². The maximum atomic E-state index is 13.2. The zero-order chi connectivity index (χ0) is 25.7. The van der Waals surface area contributed by atoms with Gasteiger partial charge in [0.05, 0.1) is 28.7 Å². The highest BCUT2D eigenvalue weighted by Gasteiger charge is 2.14. The third-order valence-corrected chi connectivity index (χ3v) is 6.07. The van der Waals surface area contributed by atoms with Crippen LogP contribution < -0.4 is 15.0 Å². The monoisotopic (exact) mass is 571 g/mol. The average molecular weight is 573 g/mol. The molecule has 0 saturated carbocycles. The number of aryl methyl sites for hydroxylation is 1. The smallest absolute Gasteiger partial charge is 0.282 e. The maximum absolute atomic E-state index is 13.2. The summed E-state index contributed by atoms with van der Waals surface area (Å²) >= 11 is 9.95. The van der Waals surface area contributed by atoms with E-state index in [1.165, 1.54) is 16.8 Å². The molecule has 0 atom stereocenters. The van der Waals surface area contributed by atoms with Gasteiger partial charge in [0.2, 0.25) is 0 Å². The minimum atomic E-state index is -0.314. The minimum Gasteiger partial charge on any atom is -0.490 e. The van der Waals surface area contributed by atoms with E-state index in [1.54, 1.807) is 36.5 Å². The van der Waals surface area contributed by atoms with Crippen LogP contribution in [0.15, 0.2) is 69.0 Å². The van der Waals surface area contributed by atoms with E-state index in [0.717, 1.165) is 16.5 Å². The van der Waals surface area contributed by atoms with Gasteiger partial charge in [0.1, 0.15) is 18.2 Å². The van der Waals surface area contributed by atoms with Crippen LogP contribution in [-0.4, -0.2) is 22.5 Å². The molecule has 9 heteroatoms. The maximum Gasteiger partial charge on any atom is 0.282 e. The normalized spacial score (nSPS) is 11.4. The number of aromatic nitrogens is 2. The summed E-state index contributed by atoms with van der Waals surface area (Å²) in [5.41, 5.74) is 1.79. The van der Waals surface area contributed by atoms with Crippen LogP contribution in [0.5, 0.6) is 11.5 Å². The molecule has 0 radical (unpaired) electrons. The summed E-state index contributed by atoms with van der Waals surface area (Å²) in [5.74, 6) is 1.08. The van der Waals surface area contributed by atoms with Crippen molar-refractivity contribution in [2.75, 3.05) is 6.61 Å². The Morgan fingerprint density at radius 2 is 1.89 bits per heavy atom. The first kappa shape index (κ1) is 25.9. The van der Waals surface area contributed by atoms with Gasteiger partial charge in [-0.3, -0.25) is 4.79 Å². The summed E-state index contributed by atoms with van der Waals surface area (Å²) in [6.45, 7) is 4.47. The molecule has 1 heterocycles. The second kappa shape index (κ2) is 11.7. The van der Waals surface area contributed by atoms with E-state index in [9.17, 15) is 9.18 Å². The predicted octanol–water partition coefficient (Wildman–Crippen LogP) is 6.76. The van der Waals surface area contributed by atoms with Gasteiger partial charge >= 0.3 is 0 Å². The third-order valence-electron chi connectivity index (χ3n) is 5.30. The fourth-order valence-electron chi connectivity index (χ4n) is 3.63. The number of halogens is 3. The number of rotatable bonds is 9. The van der Waals surface area contributed by atoms with Gasteiger partial charge in [-0.1, -0.05) is 46.6 Å². The first-order valence-corrected chi connectivity index (χ1v) is 12.7. The lowest BCUT2D eigenvalue weighted by Gasteiger charge is -2.14. The van der Waals surface area contributed by atoms with Crippen molar-refractivity contribution in [1.29, 1.82) is 0 Å². The van der Waals surface area contributed by atoms with Crippen molar-refractivity contribution < 1.29 is 13.9 Å². The van der Waals surface area contributed by atoms with Crippen molar-refractivity contribution in [1.82, 2.24) is 9.66 Å². The molecule has 0 aliphatic carbocycles. The quantitative estimate of drug-likeness (QED) is 0.208. The number of ether oxygens (including phenoxy) is 2. The molecule has 4 aromatic rings. The molecule has 4 rings (SSSR count). The Morgan fingerprint density at radius 1 is 1.11 bits per heavy atom. The fraction of sp³-hybridized carbons (Fsp3) is 0.222. The minimum absolute atomic E-state index is 0.196. The lowest BCUT2D eigenvalue weighted by molar-refractivity contribution is 0.269. The Bertz CT molecular complexity index is 1470. The van der Waals surface area contributed by atoms with Crippen LogP contribution in [0.2, 0.25) is 5.02 Å². The van der Waals surface area contributed by atoms with Gasteiger partial charge in [0, 0.05) is 10.9 Å². The Kier molecular flexibility index (Phi) is 8.38. The molecule has 0 aliphatic heterocycles. The molecule has 36 heavy (non-hydrogen) atoms. The Labute approximate surface area is 221 Å². The van der Waals surface area contributed by atoms with E-state index in [4.69, 9.17) is 21.1 Å². The highest BCUT2D eigenvalue weighted by molar-refractivity contribution is 9.10. The molecule has 0 saturated heterocycles. The number of fused-ring (bicyclic) bond motifs is 1. The van der Waals surface area contributed by atoms with Gasteiger partial charge in [-0.05, 0) is 66.9 Å². The number of hydrogen-bond donors (Lipinski definition) is 0. The summed E-state index contributed by atoms with van der Waals surface area (Å²) in [5, 5.41) is 5.26. The van der Waals surface area contributed by atoms with Crippen LogP contribution in [0.1, 0.15) is 37.2 Å². The molecule has 0 unspecified atom stereocenters. The summed E-state index contributed by atoms with van der Waals surface area (Å²) in [6, 6.07) is 14.9. The van der Waals surface area contributed by atoms with E-state index in [-0.39, 0.29) is 18.0 Å². The van der Waals surface area contributed by atoms with E-state index >= 15 is 0 Å². The molecule has 0 aliphatic rings. The van der Waals surface area contributed by atoms with Gasteiger partial charge < -0.3 is 9.47 Å². The number of nitrogens with zero attached hydrogens (tertiary/aromatic N) is 3. The predicted molar refractivity (Wildman–Crippen MR) is 144 cm³/mol. The van der Waals surface area contributed by atoms with E-state index in [2.05, 4.69) is 26.0 Å². The van der Waals surface area contributed by atoms with Crippen LogP contribution in [0.4, 0.5) is 4.39 Å². The van der Waals surface area contributed by atoms with Crippen molar-refractivity contribution in [3.8, 4) is 11.5 Å². The summed E-state index contributed by atoms with van der Waals surface area (Å²) in [6.07, 6.45) is 2.95. The zero-order valence-corrected chi connectivity index (χ0v) is 22.1. The molecule has 0 bridgehead atoms. The molecule has 0 spiro atoms. The Balaban J connectivity index is 1.68. The third kappa shape index (κ3) is 5.94. The van der Waals surface area contributed by atoms with Crippen molar-refractivity contribution in [3.05, 3.63) is 97.2 Å². The second-order valence-corrected chi connectivity index (χ2v) is 9.30. The number of benzene rings is 3. The van der Waals surface area contributed by atoms with Gasteiger partial charge in [-0.2, -0.15) is 9.78 Å². The van der Waals surface area contributed by atoms with Gasteiger partial charge in [-0.25, -0.2) is 9.37 Å². The lowest BCUT2D eigenvalue weighted by atomic mass is 10.2. The molecule has 0 amide bonds. The van der Waals surface area contributed by atoms with Crippen molar-refractivity contribution in [2.24, 2.45) is 5.10 Å². The van der Waals surface area contributed by atoms with Crippen molar-refractivity contribution in [3.63, 3.8) is 0 Å². The van der Waals surface area contributed by atoms with Crippen molar-refractivity contribution >= 4 is 44.6 Å². The Hall–Kier alpha value is -3.23. The van der Waals surface area contributed by atoms with Crippen LogP contribution in [0, 0.1) is 5.82 Å². The largest absolute Gasteiger partial charge is 0.490 e. The topological polar surface area (TPSA) is 65.7 Å². The molecule has 0 N–H and O–H groups in total. The molecule has 6 nitrogen and oxygen atoms in total. The fourth-order valence-corrected chi connectivity index (χ4v) is 4.26. The molecule has 3 aromatic carbocycles. The first-order valence-electron chi connectivity index (χ1n) is 11.5. The Morgan fingerprint density at radius 3 is 2.61 bits per heavy atom. The molecular formula is C27H24BrClFN3O3. The second-order valence-electron chi connectivity index (χ2n) is 7.98. The highest BCUT2D eigenvalue weighted by atomic mass is 79.9. The van der Waals surface area contributed by atoms with E-state index < -0.39 is 0 Å². The zero-order valence-electron chi connectivity index (χ0n) is 19.8. The molecule has 0 fully saturated rings.